The monoisotopic (exact) mass is 464 g/mol. The van der Waals surface area contributed by atoms with E-state index < -0.39 is 0 Å². The van der Waals surface area contributed by atoms with Crippen LogP contribution in [0.25, 0.3) is 32.9 Å². The third-order valence-corrected chi connectivity index (χ3v) is 6.40. The van der Waals surface area contributed by atoms with Crippen molar-refractivity contribution < 1.29 is 14.2 Å². The SMILES string of the molecule is CON(C)C(=O)c1ccc2c3c(C#N)cc(-c4c(C)noc4C)cc3n(Cc3ccccc3)c2c1. The summed E-state index contributed by atoms with van der Waals surface area (Å²) in [6, 6.07) is 22.0. The Bertz CT molecular complexity index is 1600. The number of fused-ring (bicyclic) bond motifs is 3. The van der Waals surface area contributed by atoms with Crippen LogP contribution in [0.15, 0.2) is 65.2 Å². The van der Waals surface area contributed by atoms with Crippen molar-refractivity contribution in [2.75, 3.05) is 14.2 Å². The summed E-state index contributed by atoms with van der Waals surface area (Å²) in [5.41, 5.74) is 6.47. The first-order valence-electron chi connectivity index (χ1n) is 11.2. The summed E-state index contributed by atoms with van der Waals surface area (Å²) in [5.74, 6) is 0.454. The molecule has 1 amide bonds. The number of nitriles is 1. The zero-order valence-corrected chi connectivity index (χ0v) is 20.0. The van der Waals surface area contributed by atoms with E-state index in [4.69, 9.17) is 9.36 Å². The van der Waals surface area contributed by atoms with Gasteiger partial charge < -0.3 is 9.09 Å². The van der Waals surface area contributed by atoms with Gasteiger partial charge in [0.15, 0.2) is 0 Å². The number of benzene rings is 3. The van der Waals surface area contributed by atoms with Gasteiger partial charge in [0.1, 0.15) is 5.76 Å². The number of hydrogen-bond donors (Lipinski definition) is 0. The van der Waals surface area contributed by atoms with Gasteiger partial charge in [-0.25, -0.2) is 5.06 Å². The fourth-order valence-electron chi connectivity index (χ4n) is 4.68. The third kappa shape index (κ3) is 3.74. The number of hydroxylamine groups is 2. The quantitative estimate of drug-likeness (QED) is 0.315. The number of rotatable bonds is 5. The van der Waals surface area contributed by atoms with Crippen molar-refractivity contribution in [2.24, 2.45) is 0 Å². The number of amides is 1. The molecule has 35 heavy (non-hydrogen) atoms. The number of nitrogens with zero attached hydrogens (tertiary/aromatic N) is 4. The lowest BCUT2D eigenvalue weighted by molar-refractivity contribution is -0.0756. The molecule has 0 unspecified atom stereocenters. The summed E-state index contributed by atoms with van der Waals surface area (Å²) >= 11 is 0. The second kappa shape index (κ2) is 8.75. The fourth-order valence-corrected chi connectivity index (χ4v) is 4.68. The second-order valence-electron chi connectivity index (χ2n) is 8.52. The van der Waals surface area contributed by atoms with E-state index in [1.54, 1.807) is 13.1 Å². The molecule has 0 aliphatic rings. The van der Waals surface area contributed by atoms with Crippen LogP contribution in [0.3, 0.4) is 0 Å². The first-order valence-corrected chi connectivity index (χ1v) is 11.2. The number of aromatic nitrogens is 2. The lowest BCUT2D eigenvalue weighted by Crippen LogP contribution is -2.25. The highest BCUT2D eigenvalue weighted by atomic mass is 16.7. The molecule has 0 atom stereocenters. The molecule has 7 nitrogen and oxygen atoms in total. The van der Waals surface area contributed by atoms with E-state index in [9.17, 15) is 10.1 Å². The average Bonchev–Trinajstić information content (AvgIpc) is 3.38. The Morgan fingerprint density at radius 2 is 1.89 bits per heavy atom. The molecule has 3 aromatic carbocycles. The van der Waals surface area contributed by atoms with E-state index >= 15 is 0 Å². The van der Waals surface area contributed by atoms with Gasteiger partial charge in [-0.2, -0.15) is 5.26 Å². The molecule has 0 fully saturated rings. The Kier molecular flexibility index (Phi) is 5.59. The summed E-state index contributed by atoms with van der Waals surface area (Å²) in [6.07, 6.45) is 0. The van der Waals surface area contributed by atoms with Crippen LogP contribution in [0.5, 0.6) is 0 Å². The minimum Gasteiger partial charge on any atom is -0.361 e. The van der Waals surface area contributed by atoms with Crippen LogP contribution in [-0.2, 0) is 11.4 Å². The smallest absolute Gasteiger partial charge is 0.277 e. The molecular formula is C28H24N4O3. The highest BCUT2D eigenvalue weighted by molar-refractivity contribution is 6.13. The number of aryl methyl sites for hydroxylation is 2. The molecule has 0 bridgehead atoms. The van der Waals surface area contributed by atoms with Gasteiger partial charge in [-0.15, -0.1) is 0 Å². The average molecular weight is 465 g/mol. The first-order chi connectivity index (χ1) is 16.9. The van der Waals surface area contributed by atoms with Crippen molar-refractivity contribution in [3.05, 3.63) is 88.8 Å². The normalized spacial score (nSPS) is 11.2. The highest BCUT2D eigenvalue weighted by Gasteiger charge is 2.21. The zero-order chi connectivity index (χ0) is 24.7. The Morgan fingerprint density at radius 3 is 2.54 bits per heavy atom. The van der Waals surface area contributed by atoms with Crippen LogP contribution in [0.4, 0.5) is 0 Å². The Hall–Kier alpha value is -4.41. The summed E-state index contributed by atoms with van der Waals surface area (Å²) in [4.78, 5) is 17.9. The van der Waals surface area contributed by atoms with Crippen LogP contribution in [0.2, 0.25) is 0 Å². The maximum Gasteiger partial charge on any atom is 0.277 e. The second-order valence-corrected chi connectivity index (χ2v) is 8.52. The van der Waals surface area contributed by atoms with Crippen LogP contribution < -0.4 is 0 Å². The maximum absolute atomic E-state index is 12.8. The van der Waals surface area contributed by atoms with Gasteiger partial charge in [0.05, 0.1) is 35.5 Å². The van der Waals surface area contributed by atoms with Crippen molar-refractivity contribution in [3.63, 3.8) is 0 Å². The molecule has 0 spiro atoms. The molecule has 0 saturated carbocycles. The summed E-state index contributed by atoms with van der Waals surface area (Å²) in [6.45, 7) is 4.34. The molecule has 0 N–H and O–H groups in total. The molecule has 0 aliphatic carbocycles. The lowest BCUT2D eigenvalue weighted by atomic mass is 9.98. The molecule has 7 heteroatoms. The number of carbonyl (C=O) groups excluding carboxylic acids is 1. The standard InChI is InChI=1S/C28H24N4O3/c1-17-26(18(2)35-30-17)21-12-22(15-29)27-23-11-10-20(28(33)31(3)34-4)13-24(23)32(25(27)14-21)16-19-8-6-5-7-9-19/h5-14H,16H2,1-4H3. The maximum atomic E-state index is 12.8. The summed E-state index contributed by atoms with van der Waals surface area (Å²) in [7, 11) is 3.04. The Labute approximate surface area is 202 Å². The third-order valence-electron chi connectivity index (χ3n) is 6.40. The summed E-state index contributed by atoms with van der Waals surface area (Å²) < 4.78 is 7.56. The fraction of sp³-hybridized carbons (Fsp3) is 0.179. The Morgan fingerprint density at radius 1 is 1.11 bits per heavy atom. The van der Waals surface area contributed by atoms with Gasteiger partial charge in [-0.05, 0) is 49.2 Å². The zero-order valence-electron chi connectivity index (χ0n) is 20.0. The van der Waals surface area contributed by atoms with Gasteiger partial charge in [0, 0.05) is 35.5 Å². The first kappa shape index (κ1) is 22.4. The van der Waals surface area contributed by atoms with E-state index in [0.29, 0.717) is 23.4 Å². The molecule has 0 radical (unpaired) electrons. The topological polar surface area (TPSA) is 84.3 Å². The van der Waals surface area contributed by atoms with Crippen molar-refractivity contribution in [2.45, 2.75) is 20.4 Å². The van der Waals surface area contributed by atoms with Crippen molar-refractivity contribution in [3.8, 4) is 17.2 Å². The van der Waals surface area contributed by atoms with Gasteiger partial charge >= 0.3 is 0 Å². The molecule has 0 saturated heterocycles. The van der Waals surface area contributed by atoms with E-state index in [1.165, 1.54) is 12.2 Å². The minimum absolute atomic E-state index is 0.247. The minimum atomic E-state index is -0.247. The van der Waals surface area contributed by atoms with Gasteiger partial charge in [-0.1, -0.05) is 41.6 Å². The van der Waals surface area contributed by atoms with Crippen LogP contribution in [0, 0.1) is 25.2 Å². The van der Waals surface area contributed by atoms with Crippen LogP contribution in [0.1, 0.15) is 32.9 Å². The molecular weight excluding hydrogens is 440 g/mol. The Balaban J connectivity index is 1.84. The van der Waals surface area contributed by atoms with E-state index in [1.807, 2.05) is 50.2 Å². The lowest BCUT2D eigenvalue weighted by Gasteiger charge is -2.14. The van der Waals surface area contributed by atoms with Gasteiger partial charge in [0.2, 0.25) is 0 Å². The molecule has 2 heterocycles. The van der Waals surface area contributed by atoms with Crippen molar-refractivity contribution in [1.29, 1.82) is 5.26 Å². The van der Waals surface area contributed by atoms with E-state index in [-0.39, 0.29) is 5.91 Å². The molecule has 5 rings (SSSR count). The number of carbonyl (C=O) groups is 1. The van der Waals surface area contributed by atoms with E-state index in [2.05, 4.69) is 34.0 Å². The predicted molar refractivity (Wildman–Crippen MR) is 134 cm³/mol. The molecule has 0 aliphatic heterocycles. The largest absolute Gasteiger partial charge is 0.361 e. The van der Waals surface area contributed by atoms with E-state index in [0.717, 1.165) is 44.2 Å². The summed E-state index contributed by atoms with van der Waals surface area (Å²) in [5, 5.41) is 17.2. The van der Waals surface area contributed by atoms with Gasteiger partial charge in [0.25, 0.3) is 5.91 Å². The molecule has 174 valence electrons. The van der Waals surface area contributed by atoms with Crippen LogP contribution in [-0.4, -0.2) is 34.9 Å². The highest BCUT2D eigenvalue weighted by Crippen LogP contribution is 2.38. The number of hydrogen-bond acceptors (Lipinski definition) is 5. The van der Waals surface area contributed by atoms with Crippen molar-refractivity contribution >= 4 is 27.7 Å². The predicted octanol–water partition coefficient (Wildman–Crippen LogP) is 5.62. The van der Waals surface area contributed by atoms with Crippen LogP contribution >= 0.6 is 0 Å². The molecule has 5 aromatic rings. The van der Waals surface area contributed by atoms with Crippen molar-refractivity contribution in [1.82, 2.24) is 14.8 Å². The molecule has 2 aromatic heterocycles. The van der Waals surface area contributed by atoms with Gasteiger partial charge in [-0.3, -0.25) is 9.63 Å².